The molecule has 8 heteroatoms. The first kappa shape index (κ1) is 14.6. The van der Waals surface area contributed by atoms with Crippen molar-refractivity contribution in [1.29, 1.82) is 0 Å². The summed E-state index contributed by atoms with van der Waals surface area (Å²) in [5.74, 6) is -0.443. The van der Waals surface area contributed by atoms with E-state index in [4.69, 9.17) is 0 Å². The van der Waals surface area contributed by atoms with Gasteiger partial charge in [0.2, 0.25) is 0 Å². The van der Waals surface area contributed by atoms with Gasteiger partial charge in [0, 0.05) is 34.6 Å². The highest BCUT2D eigenvalue weighted by atomic mass is 79.9. The molecular formula is C12H7Br2N3O3. The zero-order chi connectivity index (χ0) is 14.7. The van der Waals surface area contributed by atoms with Crippen molar-refractivity contribution in [1.82, 2.24) is 4.98 Å². The first-order valence-electron chi connectivity index (χ1n) is 5.33. The summed E-state index contributed by atoms with van der Waals surface area (Å²) in [4.78, 5) is 26.2. The number of carbonyl (C=O) groups is 1. The highest BCUT2D eigenvalue weighted by Gasteiger charge is 2.14. The van der Waals surface area contributed by atoms with Crippen molar-refractivity contribution in [3.05, 3.63) is 61.3 Å². The van der Waals surface area contributed by atoms with Gasteiger partial charge in [0.25, 0.3) is 11.6 Å². The maximum atomic E-state index is 12.1. The maximum absolute atomic E-state index is 12.1. The molecule has 2 aromatic rings. The third-order valence-electron chi connectivity index (χ3n) is 2.38. The zero-order valence-corrected chi connectivity index (χ0v) is 13.0. The third kappa shape index (κ3) is 3.40. The zero-order valence-electron chi connectivity index (χ0n) is 9.84. The van der Waals surface area contributed by atoms with Crippen LogP contribution in [0.4, 0.5) is 11.4 Å². The minimum atomic E-state index is -0.552. The number of pyridine rings is 1. The van der Waals surface area contributed by atoms with E-state index in [0.29, 0.717) is 14.6 Å². The van der Waals surface area contributed by atoms with Crippen LogP contribution in [0, 0.1) is 10.1 Å². The molecule has 20 heavy (non-hydrogen) atoms. The standard InChI is InChI=1S/C12H7Br2N3O3/c13-8-3-7(4-9(5-8)17(19)20)12(18)16-11-1-2-15-6-10(11)14/h1-6H,(H,15,16,18). The molecule has 102 valence electrons. The number of hydrogen-bond acceptors (Lipinski definition) is 4. The van der Waals surface area contributed by atoms with Crippen LogP contribution < -0.4 is 5.32 Å². The second-order valence-corrected chi connectivity index (χ2v) is 5.53. The van der Waals surface area contributed by atoms with Gasteiger partial charge in [-0.2, -0.15) is 0 Å². The predicted molar refractivity (Wildman–Crippen MR) is 80.7 cm³/mol. The van der Waals surface area contributed by atoms with Crippen LogP contribution in [0.2, 0.25) is 0 Å². The summed E-state index contributed by atoms with van der Waals surface area (Å²) in [6.07, 6.45) is 3.07. The molecule has 1 aromatic carbocycles. The van der Waals surface area contributed by atoms with E-state index in [1.807, 2.05) is 0 Å². The molecule has 0 aliphatic rings. The van der Waals surface area contributed by atoms with E-state index in [9.17, 15) is 14.9 Å². The molecule has 0 saturated heterocycles. The van der Waals surface area contributed by atoms with E-state index in [-0.39, 0.29) is 11.3 Å². The Morgan fingerprint density at radius 3 is 2.70 bits per heavy atom. The van der Waals surface area contributed by atoms with Gasteiger partial charge in [-0.15, -0.1) is 0 Å². The largest absolute Gasteiger partial charge is 0.321 e. The van der Waals surface area contributed by atoms with E-state index in [0.717, 1.165) is 0 Å². The molecule has 0 saturated carbocycles. The Balaban J connectivity index is 2.30. The van der Waals surface area contributed by atoms with Gasteiger partial charge in [0.15, 0.2) is 0 Å². The molecule has 1 heterocycles. The number of anilines is 1. The van der Waals surface area contributed by atoms with Gasteiger partial charge in [-0.05, 0) is 28.1 Å². The molecule has 0 radical (unpaired) electrons. The minimum absolute atomic E-state index is 0.154. The van der Waals surface area contributed by atoms with Crippen LogP contribution in [0.5, 0.6) is 0 Å². The fourth-order valence-electron chi connectivity index (χ4n) is 1.48. The van der Waals surface area contributed by atoms with Crippen molar-refractivity contribution >= 4 is 49.1 Å². The van der Waals surface area contributed by atoms with Crippen LogP contribution >= 0.6 is 31.9 Å². The van der Waals surface area contributed by atoms with Gasteiger partial charge in [0.05, 0.1) is 15.1 Å². The summed E-state index contributed by atoms with van der Waals surface area (Å²) in [6, 6.07) is 5.68. The highest BCUT2D eigenvalue weighted by Crippen LogP contribution is 2.24. The second-order valence-electron chi connectivity index (χ2n) is 3.76. The SMILES string of the molecule is O=C(Nc1ccncc1Br)c1cc(Br)cc([N+](=O)[O-])c1. The number of aromatic nitrogens is 1. The number of hydrogen-bond donors (Lipinski definition) is 1. The minimum Gasteiger partial charge on any atom is -0.321 e. The van der Waals surface area contributed by atoms with E-state index in [1.54, 1.807) is 12.3 Å². The molecule has 0 spiro atoms. The first-order valence-corrected chi connectivity index (χ1v) is 6.92. The Morgan fingerprint density at radius 2 is 2.05 bits per heavy atom. The Bertz CT molecular complexity index is 691. The summed E-state index contributed by atoms with van der Waals surface area (Å²) in [7, 11) is 0. The van der Waals surface area contributed by atoms with Gasteiger partial charge in [0.1, 0.15) is 0 Å². The average molecular weight is 401 g/mol. The Labute approximate surface area is 130 Å². The molecular weight excluding hydrogens is 394 g/mol. The molecule has 0 unspecified atom stereocenters. The molecule has 6 nitrogen and oxygen atoms in total. The van der Waals surface area contributed by atoms with Crippen molar-refractivity contribution in [2.24, 2.45) is 0 Å². The lowest BCUT2D eigenvalue weighted by atomic mass is 10.2. The third-order valence-corrected chi connectivity index (χ3v) is 3.47. The summed E-state index contributed by atoms with van der Waals surface area (Å²) < 4.78 is 1.09. The number of halogens is 2. The molecule has 1 N–H and O–H groups in total. The number of nitrogens with zero attached hydrogens (tertiary/aromatic N) is 2. The molecule has 0 atom stereocenters. The van der Waals surface area contributed by atoms with Crippen molar-refractivity contribution < 1.29 is 9.72 Å². The summed E-state index contributed by atoms with van der Waals surface area (Å²) in [5.41, 5.74) is 0.570. The number of carbonyl (C=O) groups excluding carboxylic acids is 1. The van der Waals surface area contributed by atoms with Crippen molar-refractivity contribution in [2.75, 3.05) is 5.32 Å². The van der Waals surface area contributed by atoms with E-state index in [1.165, 1.54) is 24.4 Å². The van der Waals surface area contributed by atoms with Crippen LogP contribution in [0.25, 0.3) is 0 Å². The molecule has 0 fully saturated rings. The van der Waals surface area contributed by atoms with E-state index in [2.05, 4.69) is 42.2 Å². The number of nitro groups is 1. The molecule has 0 aliphatic heterocycles. The molecule has 1 aromatic heterocycles. The average Bonchev–Trinajstić information content (AvgIpc) is 2.40. The van der Waals surface area contributed by atoms with E-state index >= 15 is 0 Å². The maximum Gasteiger partial charge on any atom is 0.271 e. The van der Waals surface area contributed by atoms with Crippen LogP contribution in [0.1, 0.15) is 10.4 Å². The lowest BCUT2D eigenvalue weighted by molar-refractivity contribution is -0.384. The normalized spacial score (nSPS) is 10.1. The first-order chi connectivity index (χ1) is 9.47. The Morgan fingerprint density at radius 1 is 1.30 bits per heavy atom. The van der Waals surface area contributed by atoms with Crippen molar-refractivity contribution in [3.63, 3.8) is 0 Å². The fourth-order valence-corrected chi connectivity index (χ4v) is 2.31. The highest BCUT2D eigenvalue weighted by molar-refractivity contribution is 9.10. The van der Waals surface area contributed by atoms with Gasteiger partial charge in [-0.3, -0.25) is 19.9 Å². The fraction of sp³-hybridized carbons (Fsp3) is 0. The smallest absolute Gasteiger partial charge is 0.271 e. The van der Waals surface area contributed by atoms with Gasteiger partial charge in [-0.25, -0.2) is 0 Å². The monoisotopic (exact) mass is 399 g/mol. The Kier molecular flexibility index (Phi) is 4.46. The van der Waals surface area contributed by atoms with Crippen LogP contribution in [-0.4, -0.2) is 15.8 Å². The van der Waals surface area contributed by atoms with Crippen molar-refractivity contribution in [3.8, 4) is 0 Å². The van der Waals surface area contributed by atoms with Crippen LogP contribution in [0.15, 0.2) is 45.6 Å². The molecule has 0 aliphatic carbocycles. The molecule has 2 rings (SSSR count). The van der Waals surface area contributed by atoms with Crippen LogP contribution in [-0.2, 0) is 0 Å². The topological polar surface area (TPSA) is 85.1 Å². The van der Waals surface area contributed by atoms with Crippen LogP contribution in [0.3, 0.4) is 0 Å². The van der Waals surface area contributed by atoms with Gasteiger partial charge in [-0.1, -0.05) is 15.9 Å². The summed E-state index contributed by atoms with van der Waals surface area (Å²) in [6.45, 7) is 0. The number of benzene rings is 1. The quantitative estimate of drug-likeness (QED) is 0.627. The molecule has 0 bridgehead atoms. The Hall–Kier alpha value is -1.80. The van der Waals surface area contributed by atoms with E-state index < -0.39 is 10.8 Å². The lowest BCUT2D eigenvalue weighted by Crippen LogP contribution is -2.12. The number of nitrogens with one attached hydrogen (secondary N) is 1. The number of amides is 1. The second kappa shape index (κ2) is 6.10. The number of nitro benzene ring substituents is 1. The summed E-state index contributed by atoms with van der Waals surface area (Å²) >= 11 is 6.40. The lowest BCUT2D eigenvalue weighted by Gasteiger charge is -2.07. The molecule has 1 amide bonds. The van der Waals surface area contributed by atoms with Crippen molar-refractivity contribution in [2.45, 2.75) is 0 Å². The number of non-ortho nitro benzene ring substituents is 1. The van der Waals surface area contributed by atoms with Gasteiger partial charge >= 0.3 is 0 Å². The number of rotatable bonds is 3. The predicted octanol–water partition coefficient (Wildman–Crippen LogP) is 3.77. The van der Waals surface area contributed by atoms with Gasteiger partial charge < -0.3 is 5.32 Å². The summed E-state index contributed by atoms with van der Waals surface area (Å²) in [5, 5.41) is 13.4.